The molecule has 0 saturated carbocycles. The lowest BCUT2D eigenvalue weighted by Crippen LogP contribution is -2.43. The molecular formula is C14H28N2O. The van der Waals surface area contributed by atoms with Crippen molar-refractivity contribution in [2.24, 2.45) is 0 Å². The van der Waals surface area contributed by atoms with E-state index in [1.165, 1.54) is 13.1 Å². The molecule has 0 aromatic heterocycles. The second-order valence-electron chi connectivity index (χ2n) is 3.81. The predicted molar refractivity (Wildman–Crippen MR) is 75.2 cm³/mol. The molecule has 0 unspecified atom stereocenters. The van der Waals surface area contributed by atoms with Gasteiger partial charge in [-0.05, 0) is 19.4 Å². The molecule has 17 heavy (non-hydrogen) atoms. The molecule has 1 rings (SSSR count). The van der Waals surface area contributed by atoms with Crippen molar-refractivity contribution in [1.29, 1.82) is 0 Å². The lowest BCUT2D eigenvalue weighted by molar-refractivity contribution is 0.175. The van der Waals surface area contributed by atoms with Gasteiger partial charge in [-0.25, -0.2) is 0 Å². The first-order chi connectivity index (χ1) is 8.33. The van der Waals surface area contributed by atoms with Crippen molar-refractivity contribution in [1.82, 2.24) is 10.2 Å². The molecular weight excluding hydrogens is 212 g/mol. The maximum absolute atomic E-state index is 5.52. The standard InChI is InChI=1S/C12H22N2O.C2H6/c1-3-5-12(2)15-11-4-8-14-9-6-13-7-10-14;1-2/h3,5,13H,1,4,6-11H2,2H3;1-2H3/b12-5+;. The topological polar surface area (TPSA) is 24.5 Å². The van der Waals surface area contributed by atoms with Gasteiger partial charge in [-0.2, -0.15) is 0 Å². The Balaban J connectivity index is 0.00000121. The third-order valence-corrected chi connectivity index (χ3v) is 2.51. The lowest BCUT2D eigenvalue weighted by atomic mass is 10.3. The van der Waals surface area contributed by atoms with Gasteiger partial charge in [0.15, 0.2) is 0 Å². The van der Waals surface area contributed by atoms with Gasteiger partial charge in [0, 0.05) is 32.7 Å². The Morgan fingerprint density at radius 2 is 2.00 bits per heavy atom. The second kappa shape index (κ2) is 11.7. The summed E-state index contributed by atoms with van der Waals surface area (Å²) in [5.74, 6) is 0.949. The summed E-state index contributed by atoms with van der Waals surface area (Å²) in [6, 6.07) is 0. The van der Waals surface area contributed by atoms with E-state index in [9.17, 15) is 0 Å². The smallest absolute Gasteiger partial charge is 0.0928 e. The maximum atomic E-state index is 5.52. The van der Waals surface area contributed by atoms with E-state index < -0.39 is 0 Å². The molecule has 0 aromatic carbocycles. The normalized spacial score (nSPS) is 17.0. The number of hydrogen-bond acceptors (Lipinski definition) is 3. The van der Waals surface area contributed by atoms with Crippen LogP contribution >= 0.6 is 0 Å². The second-order valence-corrected chi connectivity index (χ2v) is 3.81. The number of nitrogens with one attached hydrogen (secondary N) is 1. The summed E-state index contributed by atoms with van der Waals surface area (Å²) in [5.41, 5.74) is 0. The Bertz CT molecular complexity index is 208. The Hall–Kier alpha value is -0.800. The fourth-order valence-corrected chi connectivity index (χ4v) is 1.67. The zero-order valence-electron chi connectivity index (χ0n) is 11.7. The molecule has 1 N–H and O–H groups in total. The van der Waals surface area contributed by atoms with Crippen LogP contribution in [0.5, 0.6) is 0 Å². The van der Waals surface area contributed by atoms with Crippen molar-refractivity contribution in [2.75, 3.05) is 39.3 Å². The van der Waals surface area contributed by atoms with E-state index in [1.54, 1.807) is 6.08 Å². The molecule has 0 radical (unpaired) electrons. The quantitative estimate of drug-likeness (QED) is 0.438. The van der Waals surface area contributed by atoms with Gasteiger partial charge in [0.2, 0.25) is 0 Å². The molecule has 0 amide bonds. The maximum Gasteiger partial charge on any atom is 0.0928 e. The van der Waals surface area contributed by atoms with Gasteiger partial charge in [-0.1, -0.05) is 26.5 Å². The first-order valence-corrected chi connectivity index (χ1v) is 6.68. The molecule has 0 aromatic rings. The van der Waals surface area contributed by atoms with E-state index >= 15 is 0 Å². The van der Waals surface area contributed by atoms with Crippen LogP contribution in [0.25, 0.3) is 0 Å². The zero-order valence-corrected chi connectivity index (χ0v) is 11.7. The highest BCUT2D eigenvalue weighted by Gasteiger charge is 2.07. The van der Waals surface area contributed by atoms with E-state index in [1.807, 2.05) is 26.8 Å². The van der Waals surface area contributed by atoms with Crippen molar-refractivity contribution >= 4 is 0 Å². The van der Waals surface area contributed by atoms with E-state index in [-0.39, 0.29) is 0 Å². The molecule has 1 aliphatic heterocycles. The number of allylic oxidation sites excluding steroid dienone is 3. The van der Waals surface area contributed by atoms with Crippen molar-refractivity contribution < 1.29 is 4.74 Å². The van der Waals surface area contributed by atoms with Crippen LogP contribution in [0.1, 0.15) is 27.2 Å². The summed E-state index contributed by atoms with van der Waals surface area (Å²) in [6.07, 6.45) is 4.75. The van der Waals surface area contributed by atoms with Crippen LogP contribution in [0.4, 0.5) is 0 Å². The van der Waals surface area contributed by atoms with Gasteiger partial charge in [0.25, 0.3) is 0 Å². The average molecular weight is 240 g/mol. The van der Waals surface area contributed by atoms with Gasteiger partial charge < -0.3 is 15.0 Å². The van der Waals surface area contributed by atoms with Crippen LogP contribution in [0.2, 0.25) is 0 Å². The first kappa shape index (κ1) is 16.2. The molecule has 0 atom stereocenters. The first-order valence-electron chi connectivity index (χ1n) is 6.68. The van der Waals surface area contributed by atoms with Crippen LogP contribution in [0.3, 0.4) is 0 Å². The fraction of sp³-hybridized carbons (Fsp3) is 0.714. The van der Waals surface area contributed by atoms with Gasteiger partial charge in [0.05, 0.1) is 12.4 Å². The Morgan fingerprint density at radius 3 is 2.59 bits per heavy atom. The van der Waals surface area contributed by atoms with Crippen LogP contribution in [-0.2, 0) is 4.74 Å². The van der Waals surface area contributed by atoms with E-state index in [0.717, 1.165) is 38.4 Å². The summed E-state index contributed by atoms with van der Waals surface area (Å²) in [6.45, 7) is 16.1. The number of rotatable bonds is 6. The minimum atomic E-state index is 0.806. The molecule has 1 fully saturated rings. The Labute approximate surface area is 107 Å². The van der Waals surface area contributed by atoms with Crippen LogP contribution in [0, 0.1) is 0 Å². The summed E-state index contributed by atoms with van der Waals surface area (Å²) in [7, 11) is 0. The number of nitrogens with zero attached hydrogens (tertiary/aromatic N) is 1. The minimum absolute atomic E-state index is 0.806. The monoisotopic (exact) mass is 240 g/mol. The highest BCUT2D eigenvalue weighted by molar-refractivity contribution is 5.01. The largest absolute Gasteiger partial charge is 0.498 e. The van der Waals surface area contributed by atoms with Gasteiger partial charge in [-0.15, -0.1) is 0 Å². The molecule has 1 saturated heterocycles. The SMILES string of the molecule is C=C/C=C(\C)OCCCN1CCNCC1.CC. The Morgan fingerprint density at radius 1 is 1.35 bits per heavy atom. The van der Waals surface area contributed by atoms with Crippen LogP contribution in [-0.4, -0.2) is 44.2 Å². The predicted octanol–water partition coefficient (Wildman–Crippen LogP) is 2.41. The highest BCUT2D eigenvalue weighted by atomic mass is 16.5. The van der Waals surface area contributed by atoms with E-state index in [4.69, 9.17) is 4.74 Å². The zero-order chi connectivity index (χ0) is 12.9. The third-order valence-electron chi connectivity index (χ3n) is 2.51. The van der Waals surface area contributed by atoms with Crippen molar-refractivity contribution in [3.63, 3.8) is 0 Å². The van der Waals surface area contributed by atoms with Gasteiger partial charge in [0.1, 0.15) is 0 Å². The van der Waals surface area contributed by atoms with Crippen molar-refractivity contribution in [2.45, 2.75) is 27.2 Å². The lowest BCUT2D eigenvalue weighted by Gasteiger charge is -2.26. The number of hydrogen-bond donors (Lipinski definition) is 1. The fourth-order valence-electron chi connectivity index (χ4n) is 1.67. The molecule has 1 aliphatic rings. The van der Waals surface area contributed by atoms with Crippen molar-refractivity contribution in [3.8, 4) is 0 Å². The molecule has 100 valence electrons. The highest BCUT2D eigenvalue weighted by Crippen LogP contribution is 1.99. The third kappa shape index (κ3) is 8.95. The molecule has 3 heteroatoms. The Kier molecular flexibility index (Phi) is 11.1. The van der Waals surface area contributed by atoms with Crippen molar-refractivity contribution in [3.05, 3.63) is 24.5 Å². The molecule has 0 bridgehead atoms. The molecule has 0 spiro atoms. The number of piperazine rings is 1. The van der Waals surface area contributed by atoms with Gasteiger partial charge >= 0.3 is 0 Å². The molecule has 1 heterocycles. The molecule has 3 nitrogen and oxygen atoms in total. The van der Waals surface area contributed by atoms with Crippen LogP contribution < -0.4 is 5.32 Å². The van der Waals surface area contributed by atoms with Crippen LogP contribution in [0.15, 0.2) is 24.5 Å². The summed E-state index contributed by atoms with van der Waals surface area (Å²) in [4.78, 5) is 2.48. The molecule has 0 aliphatic carbocycles. The summed E-state index contributed by atoms with van der Waals surface area (Å²) >= 11 is 0. The number of ether oxygens (including phenoxy) is 1. The summed E-state index contributed by atoms with van der Waals surface area (Å²) in [5, 5.41) is 3.35. The average Bonchev–Trinajstić information content (AvgIpc) is 2.39. The van der Waals surface area contributed by atoms with E-state index in [0.29, 0.717) is 0 Å². The van der Waals surface area contributed by atoms with Gasteiger partial charge in [-0.3, -0.25) is 0 Å². The van der Waals surface area contributed by atoms with E-state index in [2.05, 4.69) is 16.8 Å². The minimum Gasteiger partial charge on any atom is -0.498 e. The summed E-state index contributed by atoms with van der Waals surface area (Å²) < 4.78 is 5.52.